The number of hydrogen-bond acceptors (Lipinski definition) is 2. The summed E-state index contributed by atoms with van der Waals surface area (Å²) in [5.74, 6) is 0.755. The van der Waals surface area contributed by atoms with Crippen molar-refractivity contribution >= 4 is 34.2 Å². The van der Waals surface area contributed by atoms with Crippen LogP contribution in [0.4, 0.5) is 0 Å². The molecule has 0 saturated carbocycles. The Balaban J connectivity index is 2.61. The topological polar surface area (TPSA) is 36.9 Å². The zero-order valence-corrected chi connectivity index (χ0v) is 10.4. The van der Waals surface area contributed by atoms with Crippen LogP contribution in [0.25, 0.3) is 11.3 Å². The lowest BCUT2D eigenvalue weighted by Crippen LogP contribution is -1.85. The minimum Gasteiger partial charge on any atom is -0.464 e. The molecule has 1 heterocycles. The van der Waals surface area contributed by atoms with Gasteiger partial charge in [0, 0.05) is 9.13 Å². The second kappa shape index (κ2) is 4.25. The maximum atomic E-state index is 8.80. The van der Waals surface area contributed by atoms with Gasteiger partial charge in [0.25, 0.3) is 0 Å². The first-order valence-electron chi connectivity index (χ1n) is 4.15. The maximum Gasteiger partial charge on any atom is 0.134 e. The minimum absolute atomic E-state index is 0.448. The van der Waals surface area contributed by atoms with Crippen molar-refractivity contribution in [1.82, 2.24) is 0 Å². The van der Waals surface area contributed by atoms with Crippen LogP contribution in [-0.2, 0) is 0 Å². The summed E-state index contributed by atoms with van der Waals surface area (Å²) in [5, 5.41) is 9.25. The van der Waals surface area contributed by atoms with Gasteiger partial charge in [0.1, 0.15) is 11.8 Å². The third-order valence-corrected chi connectivity index (χ3v) is 3.17. The average molecular weight is 330 g/mol. The smallest absolute Gasteiger partial charge is 0.134 e. The molecule has 0 unspecified atom stereocenters. The number of furan rings is 1. The van der Waals surface area contributed by atoms with Crippen molar-refractivity contribution in [1.29, 1.82) is 5.26 Å². The molecule has 0 aliphatic rings. The molecule has 2 rings (SSSR count). The molecule has 2 nitrogen and oxygen atoms in total. The fraction of sp³-hybridized carbons (Fsp3) is 0. The monoisotopic (exact) mass is 329 g/mol. The fourth-order valence-electron chi connectivity index (χ4n) is 1.25. The van der Waals surface area contributed by atoms with Gasteiger partial charge in [-0.25, -0.2) is 0 Å². The van der Waals surface area contributed by atoms with Gasteiger partial charge in [-0.15, -0.1) is 0 Å². The molecule has 0 saturated heterocycles. The molecule has 0 bridgehead atoms. The molecule has 0 spiro atoms. The Morgan fingerprint density at radius 1 is 1.40 bits per heavy atom. The van der Waals surface area contributed by atoms with Gasteiger partial charge >= 0.3 is 0 Å². The van der Waals surface area contributed by atoms with Crippen molar-refractivity contribution in [2.75, 3.05) is 0 Å². The molecule has 0 aliphatic heterocycles. The Labute approximate surface area is 106 Å². The zero-order valence-electron chi connectivity index (χ0n) is 7.50. The Kier molecular flexibility index (Phi) is 2.98. The van der Waals surface area contributed by atoms with E-state index in [2.05, 4.69) is 22.6 Å². The van der Waals surface area contributed by atoms with Crippen molar-refractivity contribution in [2.24, 2.45) is 0 Å². The van der Waals surface area contributed by atoms with Gasteiger partial charge in [-0.2, -0.15) is 5.26 Å². The Bertz CT molecular complexity index is 528. The van der Waals surface area contributed by atoms with Crippen LogP contribution in [0, 0.1) is 14.9 Å². The molecule has 1 aromatic carbocycles. The molecule has 4 heteroatoms. The zero-order chi connectivity index (χ0) is 10.8. The molecule has 0 fully saturated rings. The van der Waals surface area contributed by atoms with E-state index in [4.69, 9.17) is 21.3 Å². The maximum absolute atomic E-state index is 8.80. The van der Waals surface area contributed by atoms with Crippen molar-refractivity contribution in [3.63, 3.8) is 0 Å². The van der Waals surface area contributed by atoms with Gasteiger partial charge in [-0.3, -0.25) is 0 Å². The predicted molar refractivity (Wildman–Crippen MR) is 66.6 cm³/mol. The van der Waals surface area contributed by atoms with Crippen molar-refractivity contribution in [3.8, 4) is 17.4 Å². The average Bonchev–Trinajstić information content (AvgIpc) is 2.74. The van der Waals surface area contributed by atoms with Crippen LogP contribution < -0.4 is 0 Å². The summed E-state index contributed by atoms with van der Waals surface area (Å²) in [4.78, 5) is 0. The van der Waals surface area contributed by atoms with Gasteiger partial charge in [0.05, 0.1) is 16.8 Å². The summed E-state index contributed by atoms with van der Waals surface area (Å²) < 4.78 is 6.23. The van der Waals surface area contributed by atoms with E-state index in [-0.39, 0.29) is 0 Å². The summed E-state index contributed by atoms with van der Waals surface area (Å²) in [6, 6.07) is 9.22. The van der Waals surface area contributed by atoms with Gasteiger partial charge < -0.3 is 4.42 Å². The van der Waals surface area contributed by atoms with E-state index in [0.29, 0.717) is 10.6 Å². The summed E-state index contributed by atoms with van der Waals surface area (Å²) >= 11 is 8.11. The van der Waals surface area contributed by atoms with Crippen LogP contribution in [0.3, 0.4) is 0 Å². The van der Waals surface area contributed by atoms with E-state index in [1.54, 1.807) is 18.4 Å². The number of hydrogen-bond donors (Lipinski definition) is 0. The lowest BCUT2D eigenvalue weighted by molar-refractivity contribution is 0.582. The molecule has 0 radical (unpaired) electrons. The Hall–Kier alpha value is -0.990. The molecule has 74 valence electrons. The first-order valence-corrected chi connectivity index (χ1v) is 5.61. The fourth-order valence-corrected chi connectivity index (χ4v) is 2.19. The number of halogens is 2. The van der Waals surface area contributed by atoms with Crippen LogP contribution in [0.15, 0.2) is 34.9 Å². The normalized spacial score (nSPS) is 9.93. The van der Waals surface area contributed by atoms with Gasteiger partial charge in [-0.05, 0) is 46.9 Å². The molecule has 0 atom stereocenters. The summed E-state index contributed by atoms with van der Waals surface area (Å²) in [5.41, 5.74) is 1.39. The first-order chi connectivity index (χ1) is 7.22. The van der Waals surface area contributed by atoms with Gasteiger partial charge in [0.2, 0.25) is 0 Å². The SMILES string of the molecule is N#Cc1cc(I)c(-c2ccco2)cc1Cl. The Morgan fingerprint density at radius 3 is 2.80 bits per heavy atom. The predicted octanol–water partition coefficient (Wildman–Crippen LogP) is 4.08. The molecule has 15 heavy (non-hydrogen) atoms. The number of benzene rings is 1. The van der Waals surface area contributed by atoms with Crippen LogP contribution in [0.1, 0.15) is 5.56 Å². The number of nitrogens with zero attached hydrogens (tertiary/aromatic N) is 1. The van der Waals surface area contributed by atoms with E-state index in [1.165, 1.54) is 0 Å². The van der Waals surface area contributed by atoms with Crippen LogP contribution in [-0.4, -0.2) is 0 Å². The third kappa shape index (κ3) is 2.01. The summed E-state index contributed by atoms with van der Waals surface area (Å²) in [7, 11) is 0. The lowest BCUT2D eigenvalue weighted by Gasteiger charge is -2.03. The highest BCUT2D eigenvalue weighted by atomic mass is 127. The van der Waals surface area contributed by atoms with E-state index < -0.39 is 0 Å². The number of nitriles is 1. The second-order valence-corrected chi connectivity index (χ2v) is 4.47. The quantitative estimate of drug-likeness (QED) is 0.739. The van der Waals surface area contributed by atoms with E-state index in [9.17, 15) is 0 Å². The summed E-state index contributed by atoms with van der Waals surface area (Å²) in [6.45, 7) is 0. The van der Waals surface area contributed by atoms with E-state index >= 15 is 0 Å². The standard InChI is InChI=1S/C11H5ClINO/c12-9-5-8(11-2-1-3-15-11)10(13)4-7(9)6-14/h1-5H. The Morgan fingerprint density at radius 2 is 2.20 bits per heavy atom. The molecular weight excluding hydrogens is 324 g/mol. The van der Waals surface area contributed by atoms with Gasteiger partial charge in [-0.1, -0.05) is 11.6 Å². The molecule has 0 aliphatic carbocycles. The lowest BCUT2D eigenvalue weighted by atomic mass is 10.1. The first kappa shape index (κ1) is 10.5. The molecular formula is C11H5ClINO. The highest BCUT2D eigenvalue weighted by molar-refractivity contribution is 14.1. The highest BCUT2D eigenvalue weighted by Crippen LogP contribution is 2.30. The van der Waals surface area contributed by atoms with Crippen molar-refractivity contribution in [2.45, 2.75) is 0 Å². The number of rotatable bonds is 1. The molecule has 2 aromatic rings. The molecule has 0 amide bonds. The van der Waals surface area contributed by atoms with Crippen molar-refractivity contribution < 1.29 is 4.42 Å². The van der Waals surface area contributed by atoms with E-state index in [1.807, 2.05) is 18.2 Å². The van der Waals surface area contributed by atoms with E-state index in [0.717, 1.165) is 14.9 Å². The largest absolute Gasteiger partial charge is 0.464 e. The third-order valence-electron chi connectivity index (χ3n) is 1.96. The highest BCUT2D eigenvalue weighted by Gasteiger charge is 2.10. The molecule has 1 aromatic heterocycles. The van der Waals surface area contributed by atoms with Crippen LogP contribution >= 0.6 is 34.2 Å². The van der Waals surface area contributed by atoms with Crippen molar-refractivity contribution in [3.05, 3.63) is 44.7 Å². The second-order valence-electron chi connectivity index (χ2n) is 2.90. The molecule has 0 N–H and O–H groups in total. The minimum atomic E-state index is 0.448. The van der Waals surface area contributed by atoms with Gasteiger partial charge in [0.15, 0.2) is 0 Å². The van der Waals surface area contributed by atoms with Crippen LogP contribution in [0.2, 0.25) is 5.02 Å². The summed E-state index contributed by atoms with van der Waals surface area (Å²) in [6.07, 6.45) is 1.61. The van der Waals surface area contributed by atoms with Crippen LogP contribution in [0.5, 0.6) is 0 Å².